The van der Waals surface area contributed by atoms with Crippen LogP contribution in [0.5, 0.6) is 11.5 Å². The van der Waals surface area contributed by atoms with E-state index in [-0.39, 0.29) is 11.7 Å². The first-order valence-electron chi connectivity index (χ1n) is 7.99. The highest BCUT2D eigenvalue weighted by atomic mass is 79.9. The van der Waals surface area contributed by atoms with E-state index >= 15 is 0 Å². The lowest BCUT2D eigenvalue weighted by Crippen LogP contribution is -2.27. The van der Waals surface area contributed by atoms with Gasteiger partial charge in [0.15, 0.2) is 15.8 Å². The molecule has 0 aliphatic carbocycles. The van der Waals surface area contributed by atoms with E-state index in [1.54, 1.807) is 18.2 Å². The summed E-state index contributed by atoms with van der Waals surface area (Å²) in [6.07, 6.45) is 3.95. The summed E-state index contributed by atoms with van der Waals surface area (Å²) in [5, 5.41) is 10.2. The molecule has 0 aromatic heterocycles. The van der Waals surface area contributed by atoms with Crippen molar-refractivity contribution in [2.24, 2.45) is 0 Å². The van der Waals surface area contributed by atoms with Crippen LogP contribution in [0.2, 0.25) is 0 Å². The average Bonchev–Trinajstić information content (AvgIpc) is 2.92. The highest BCUT2D eigenvalue weighted by molar-refractivity contribution is 9.10. The second-order valence-electron chi connectivity index (χ2n) is 5.72. The number of phenols is 1. The maximum Gasteiger partial charge on any atom is 0.270 e. The monoisotopic (exact) mass is 461 g/mol. The molecule has 138 valence electrons. The van der Waals surface area contributed by atoms with Gasteiger partial charge in [0.05, 0.1) is 17.7 Å². The molecule has 0 unspecified atom stereocenters. The largest absolute Gasteiger partial charge is 0.504 e. The number of thioether (sulfide) groups is 1. The number of benzene rings is 2. The van der Waals surface area contributed by atoms with Crippen molar-refractivity contribution in [3.8, 4) is 11.5 Å². The van der Waals surface area contributed by atoms with Crippen LogP contribution in [0.4, 0.5) is 5.69 Å². The molecule has 0 radical (unpaired) electrons. The van der Waals surface area contributed by atoms with E-state index in [9.17, 15) is 9.90 Å². The van der Waals surface area contributed by atoms with Gasteiger partial charge in [-0.05, 0) is 54.5 Å². The van der Waals surface area contributed by atoms with Crippen LogP contribution in [-0.2, 0) is 11.2 Å². The van der Waals surface area contributed by atoms with Gasteiger partial charge in [0.25, 0.3) is 5.91 Å². The molecule has 7 heteroatoms. The zero-order valence-electron chi connectivity index (χ0n) is 14.4. The molecular weight excluding hydrogens is 446 g/mol. The van der Waals surface area contributed by atoms with Crippen LogP contribution in [0, 0.1) is 0 Å². The first-order chi connectivity index (χ1) is 12.9. The van der Waals surface area contributed by atoms with Crippen LogP contribution in [0.25, 0.3) is 6.08 Å². The topological polar surface area (TPSA) is 49.8 Å². The van der Waals surface area contributed by atoms with Gasteiger partial charge in [0.2, 0.25) is 0 Å². The number of nitrogens with zero attached hydrogens (tertiary/aromatic N) is 1. The molecule has 1 saturated heterocycles. The first kappa shape index (κ1) is 19.7. The molecule has 1 aliphatic rings. The van der Waals surface area contributed by atoms with Crippen LogP contribution in [0.3, 0.4) is 0 Å². The molecule has 1 aliphatic heterocycles. The summed E-state index contributed by atoms with van der Waals surface area (Å²) in [5.41, 5.74) is 2.15. The van der Waals surface area contributed by atoms with Gasteiger partial charge < -0.3 is 9.84 Å². The Hall–Kier alpha value is -2.09. The number of methoxy groups -OCH3 is 1. The van der Waals surface area contributed by atoms with E-state index in [0.717, 1.165) is 15.7 Å². The number of carbonyl (C=O) groups excluding carboxylic acids is 1. The van der Waals surface area contributed by atoms with Crippen molar-refractivity contribution >= 4 is 61.9 Å². The third-order valence-electron chi connectivity index (χ3n) is 3.94. The number of anilines is 1. The Balaban J connectivity index is 1.97. The van der Waals surface area contributed by atoms with Crippen LogP contribution >= 0.6 is 39.9 Å². The summed E-state index contributed by atoms with van der Waals surface area (Å²) in [4.78, 5) is 14.9. The van der Waals surface area contributed by atoms with Crippen molar-refractivity contribution in [2.75, 3.05) is 12.0 Å². The molecule has 2 aromatic carbocycles. The lowest BCUT2D eigenvalue weighted by molar-refractivity contribution is -0.113. The fourth-order valence-corrected chi connectivity index (χ4v) is 4.23. The molecule has 27 heavy (non-hydrogen) atoms. The van der Waals surface area contributed by atoms with Gasteiger partial charge in [-0.2, -0.15) is 0 Å². The Morgan fingerprint density at radius 3 is 2.67 bits per heavy atom. The van der Waals surface area contributed by atoms with E-state index in [1.165, 1.54) is 23.8 Å². The van der Waals surface area contributed by atoms with Crippen molar-refractivity contribution in [3.05, 3.63) is 69.6 Å². The van der Waals surface area contributed by atoms with Gasteiger partial charge in [0.1, 0.15) is 0 Å². The molecule has 1 amide bonds. The summed E-state index contributed by atoms with van der Waals surface area (Å²) in [7, 11) is 1.49. The average molecular weight is 462 g/mol. The fraction of sp³-hybridized carbons (Fsp3) is 0.100. The minimum atomic E-state index is -0.176. The number of ether oxygens (including phenoxy) is 1. The van der Waals surface area contributed by atoms with Crippen LogP contribution in [-0.4, -0.2) is 22.4 Å². The maximum atomic E-state index is 12.9. The molecule has 3 rings (SSSR count). The van der Waals surface area contributed by atoms with Crippen LogP contribution < -0.4 is 9.64 Å². The van der Waals surface area contributed by atoms with E-state index in [1.807, 2.05) is 30.3 Å². The number of amides is 1. The molecule has 1 heterocycles. The number of halogens is 1. The van der Waals surface area contributed by atoms with Gasteiger partial charge in [0, 0.05) is 10.0 Å². The number of aromatic hydroxyl groups is 1. The number of hydrogen-bond acceptors (Lipinski definition) is 5. The first-order valence-corrected chi connectivity index (χ1v) is 10.0. The molecule has 0 bridgehead atoms. The van der Waals surface area contributed by atoms with Crippen LogP contribution in [0.1, 0.15) is 11.1 Å². The smallest absolute Gasteiger partial charge is 0.270 e. The van der Waals surface area contributed by atoms with Crippen molar-refractivity contribution in [1.29, 1.82) is 0 Å². The quantitative estimate of drug-likeness (QED) is 0.372. The van der Waals surface area contributed by atoms with Gasteiger partial charge in [-0.15, -0.1) is 6.58 Å². The minimum Gasteiger partial charge on any atom is -0.504 e. The number of thiocarbonyl (C=S) groups is 1. The molecule has 0 atom stereocenters. The normalized spacial score (nSPS) is 15.5. The summed E-state index contributed by atoms with van der Waals surface area (Å²) in [5.74, 6) is 0.255. The summed E-state index contributed by atoms with van der Waals surface area (Å²) in [6, 6.07) is 10.9. The third kappa shape index (κ3) is 4.10. The van der Waals surface area contributed by atoms with Gasteiger partial charge >= 0.3 is 0 Å². The Kier molecular flexibility index (Phi) is 6.04. The lowest BCUT2D eigenvalue weighted by atomic mass is 10.1. The molecule has 1 N–H and O–H groups in total. The lowest BCUT2D eigenvalue weighted by Gasteiger charge is -2.14. The Morgan fingerprint density at radius 2 is 2.04 bits per heavy atom. The van der Waals surface area contributed by atoms with Gasteiger partial charge in [-0.3, -0.25) is 9.69 Å². The van der Waals surface area contributed by atoms with Gasteiger partial charge in [-0.1, -0.05) is 46.0 Å². The SMILES string of the molecule is C=CCc1cc(C=C2SC(=S)N(c3ccc(Br)cc3)C2=O)cc(OC)c1O. The Morgan fingerprint density at radius 1 is 1.33 bits per heavy atom. The van der Waals surface area contributed by atoms with E-state index in [4.69, 9.17) is 17.0 Å². The highest BCUT2D eigenvalue weighted by Crippen LogP contribution is 2.38. The van der Waals surface area contributed by atoms with E-state index in [2.05, 4.69) is 22.5 Å². The third-order valence-corrected chi connectivity index (χ3v) is 5.77. The number of rotatable bonds is 5. The Labute approximate surface area is 175 Å². The van der Waals surface area contributed by atoms with E-state index in [0.29, 0.717) is 27.0 Å². The summed E-state index contributed by atoms with van der Waals surface area (Å²) < 4.78 is 6.65. The molecule has 4 nitrogen and oxygen atoms in total. The number of carbonyl (C=O) groups is 1. The number of phenolic OH excluding ortho intramolecular Hbond substituents is 1. The van der Waals surface area contributed by atoms with Crippen LogP contribution in [0.15, 0.2) is 58.4 Å². The predicted molar refractivity (Wildman–Crippen MR) is 118 cm³/mol. The predicted octanol–water partition coefficient (Wildman–Crippen LogP) is 5.30. The summed E-state index contributed by atoms with van der Waals surface area (Å²) >= 11 is 10.0. The second kappa shape index (κ2) is 8.29. The summed E-state index contributed by atoms with van der Waals surface area (Å²) in [6.45, 7) is 3.70. The molecule has 1 fully saturated rings. The minimum absolute atomic E-state index is 0.0805. The zero-order chi connectivity index (χ0) is 19.6. The van der Waals surface area contributed by atoms with Crippen molar-refractivity contribution in [1.82, 2.24) is 0 Å². The standard InChI is InChI=1S/C20H16BrNO3S2/c1-3-4-13-9-12(10-16(25-2)18(13)23)11-17-19(24)22(20(26)27-17)15-7-5-14(21)6-8-15/h3,5-11,23H,1,4H2,2H3. The van der Waals surface area contributed by atoms with Crippen molar-refractivity contribution in [3.63, 3.8) is 0 Å². The molecule has 0 spiro atoms. The van der Waals surface area contributed by atoms with Gasteiger partial charge in [-0.25, -0.2) is 0 Å². The number of hydrogen-bond donors (Lipinski definition) is 1. The van der Waals surface area contributed by atoms with E-state index < -0.39 is 0 Å². The van der Waals surface area contributed by atoms with Crippen molar-refractivity contribution in [2.45, 2.75) is 6.42 Å². The second-order valence-corrected chi connectivity index (χ2v) is 8.31. The zero-order valence-corrected chi connectivity index (χ0v) is 17.7. The number of allylic oxidation sites excluding steroid dienone is 1. The molecular formula is C20H16BrNO3S2. The molecule has 0 saturated carbocycles. The fourth-order valence-electron chi connectivity index (χ4n) is 2.67. The maximum absolute atomic E-state index is 12.9. The highest BCUT2D eigenvalue weighted by Gasteiger charge is 2.33. The van der Waals surface area contributed by atoms with Crippen molar-refractivity contribution < 1.29 is 14.6 Å². The Bertz CT molecular complexity index is 954. The molecule has 2 aromatic rings.